The van der Waals surface area contributed by atoms with Crippen molar-refractivity contribution >= 4 is 17.5 Å². The molecule has 0 aliphatic heterocycles. The maximum absolute atomic E-state index is 13.3. The lowest BCUT2D eigenvalue weighted by molar-refractivity contribution is -0.130. The number of hydrogen-bond donors (Lipinski definition) is 3. The number of nitrogens with one attached hydrogen (secondary N) is 3. The molecule has 1 saturated carbocycles. The first-order valence-electron chi connectivity index (χ1n) is 12.3. The summed E-state index contributed by atoms with van der Waals surface area (Å²) in [5.41, 5.74) is 2.15. The Hall–Kier alpha value is -4.15. The van der Waals surface area contributed by atoms with Crippen LogP contribution in [0, 0.1) is 25.1 Å². The number of carbonyl (C=O) groups excluding carboxylic acids is 1. The van der Waals surface area contributed by atoms with E-state index in [0.29, 0.717) is 23.9 Å². The SMILES string of the molecule is Cc1cc(Nc2cc(C)[nH]n2)nc([C@@H]2CC[C@](C)(C(=O)N[C@@H](C)c3ccc(-n4cc(F)cn4)nc3)C2)n1. The van der Waals surface area contributed by atoms with Crippen molar-refractivity contribution in [3.63, 3.8) is 0 Å². The van der Waals surface area contributed by atoms with Gasteiger partial charge in [-0.2, -0.15) is 10.2 Å². The summed E-state index contributed by atoms with van der Waals surface area (Å²) in [6, 6.07) is 7.18. The van der Waals surface area contributed by atoms with Crippen LogP contribution in [0.4, 0.5) is 16.0 Å². The van der Waals surface area contributed by atoms with Crippen molar-refractivity contribution in [1.82, 2.24) is 40.2 Å². The number of pyridine rings is 1. The second kappa shape index (κ2) is 9.72. The van der Waals surface area contributed by atoms with E-state index >= 15 is 0 Å². The van der Waals surface area contributed by atoms with Crippen LogP contribution in [-0.2, 0) is 4.79 Å². The first-order valence-corrected chi connectivity index (χ1v) is 12.3. The van der Waals surface area contributed by atoms with Gasteiger partial charge in [-0.1, -0.05) is 13.0 Å². The fourth-order valence-electron chi connectivity index (χ4n) is 4.79. The van der Waals surface area contributed by atoms with Crippen molar-refractivity contribution < 1.29 is 9.18 Å². The molecular weight excluding hydrogens is 473 g/mol. The fraction of sp³-hybridized carbons (Fsp3) is 0.385. The highest BCUT2D eigenvalue weighted by molar-refractivity contribution is 5.83. The number of aromatic nitrogens is 7. The number of aryl methyl sites for hydroxylation is 2. The lowest BCUT2D eigenvalue weighted by Crippen LogP contribution is -2.38. The molecule has 3 atom stereocenters. The van der Waals surface area contributed by atoms with E-state index in [1.54, 1.807) is 12.3 Å². The van der Waals surface area contributed by atoms with Gasteiger partial charge in [0.05, 0.1) is 18.4 Å². The van der Waals surface area contributed by atoms with E-state index in [9.17, 15) is 9.18 Å². The lowest BCUT2D eigenvalue weighted by Gasteiger charge is -2.26. The average molecular weight is 504 g/mol. The third-order valence-electron chi connectivity index (χ3n) is 6.89. The highest BCUT2D eigenvalue weighted by Crippen LogP contribution is 2.46. The zero-order valence-electron chi connectivity index (χ0n) is 21.3. The van der Waals surface area contributed by atoms with Crippen LogP contribution in [0.25, 0.3) is 5.82 Å². The van der Waals surface area contributed by atoms with Crippen LogP contribution in [0.15, 0.2) is 42.9 Å². The van der Waals surface area contributed by atoms with E-state index in [2.05, 4.69) is 35.9 Å². The van der Waals surface area contributed by atoms with Crippen molar-refractivity contribution in [3.05, 3.63) is 71.4 Å². The maximum atomic E-state index is 13.3. The van der Waals surface area contributed by atoms with Gasteiger partial charge in [0.25, 0.3) is 0 Å². The quantitative estimate of drug-likeness (QED) is 0.340. The van der Waals surface area contributed by atoms with Crippen LogP contribution >= 0.6 is 0 Å². The summed E-state index contributed by atoms with van der Waals surface area (Å²) in [5.74, 6) is 2.30. The van der Waals surface area contributed by atoms with Crippen LogP contribution < -0.4 is 10.6 Å². The molecule has 0 radical (unpaired) electrons. The minimum Gasteiger partial charge on any atom is -0.349 e. The van der Waals surface area contributed by atoms with Crippen molar-refractivity contribution in [2.45, 2.75) is 58.9 Å². The molecule has 37 heavy (non-hydrogen) atoms. The van der Waals surface area contributed by atoms with Crippen molar-refractivity contribution in [2.24, 2.45) is 5.41 Å². The molecule has 192 valence electrons. The number of halogens is 1. The largest absolute Gasteiger partial charge is 0.349 e. The number of amides is 1. The van der Waals surface area contributed by atoms with Gasteiger partial charge in [0.1, 0.15) is 11.6 Å². The second-order valence-electron chi connectivity index (χ2n) is 10.1. The molecule has 1 amide bonds. The molecule has 4 aromatic rings. The Bertz CT molecular complexity index is 1410. The average Bonchev–Trinajstić information content (AvgIpc) is 3.59. The zero-order valence-corrected chi connectivity index (χ0v) is 21.3. The van der Waals surface area contributed by atoms with E-state index in [0.717, 1.165) is 41.8 Å². The summed E-state index contributed by atoms with van der Waals surface area (Å²) >= 11 is 0. The van der Waals surface area contributed by atoms with E-state index in [1.807, 2.05) is 45.9 Å². The molecule has 1 aliphatic carbocycles. The van der Waals surface area contributed by atoms with Crippen LogP contribution in [0.2, 0.25) is 0 Å². The molecule has 10 nitrogen and oxygen atoms in total. The van der Waals surface area contributed by atoms with Gasteiger partial charge in [0.15, 0.2) is 17.5 Å². The fourth-order valence-corrected chi connectivity index (χ4v) is 4.79. The Morgan fingerprint density at radius 1 is 1.22 bits per heavy atom. The summed E-state index contributed by atoms with van der Waals surface area (Å²) in [6.07, 6.45) is 6.32. The van der Waals surface area contributed by atoms with Gasteiger partial charge in [-0.05, 0) is 51.7 Å². The summed E-state index contributed by atoms with van der Waals surface area (Å²) in [4.78, 5) is 27.1. The van der Waals surface area contributed by atoms with Crippen LogP contribution in [0.5, 0.6) is 0 Å². The minimum absolute atomic E-state index is 0.00118. The van der Waals surface area contributed by atoms with Crippen LogP contribution in [-0.4, -0.2) is 40.8 Å². The normalized spacial score (nSPS) is 20.1. The van der Waals surface area contributed by atoms with Gasteiger partial charge in [-0.25, -0.2) is 24.0 Å². The number of anilines is 2. The Balaban J connectivity index is 1.23. The number of aromatic amines is 1. The number of hydrogen-bond acceptors (Lipinski definition) is 7. The standard InChI is InChI=1S/C26H30FN9O/c1-15-9-21(32-22-10-16(2)34-35-22)33-24(30-15)18-7-8-26(4,11-18)25(37)31-17(3)19-5-6-23(28-12-19)36-14-20(27)13-29-36/h5-6,9-10,12-14,17-18H,7-8,11H2,1-4H3,(H,31,37)(H2,30,32,33,34,35)/t17-,18+,26-/m0/s1. The lowest BCUT2D eigenvalue weighted by atomic mass is 9.86. The van der Waals surface area contributed by atoms with E-state index < -0.39 is 11.2 Å². The van der Waals surface area contributed by atoms with Gasteiger partial charge >= 0.3 is 0 Å². The van der Waals surface area contributed by atoms with Crippen molar-refractivity contribution in [1.29, 1.82) is 0 Å². The molecule has 0 saturated heterocycles. The second-order valence-corrected chi connectivity index (χ2v) is 10.1. The van der Waals surface area contributed by atoms with E-state index in [-0.39, 0.29) is 17.9 Å². The maximum Gasteiger partial charge on any atom is 0.226 e. The van der Waals surface area contributed by atoms with Gasteiger partial charge in [0.2, 0.25) is 5.91 Å². The Labute approximate surface area is 214 Å². The summed E-state index contributed by atoms with van der Waals surface area (Å²) in [5, 5.41) is 17.4. The van der Waals surface area contributed by atoms with Crippen LogP contribution in [0.3, 0.4) is 0 Å². The third-order valence-corrected chi connectivity index (χ3v) is 6.89. The Morgan fingerprint density at radius 2 is 2.05 bits per heavy atom. The van der Waals surface area contributed by atoms with Gasteiger partial charge in [-0.15, -0.1) is 0 Å². The highest BCUT2D eigenvalue weighted by atomic mass is 19.1. The summed E-state index contributed by atoms with van der Waals surface area (Å²) in [7, 11) is 0. The molecule has 0 bridgehead atoms. The molecular formula is C26H30FN9O. The Morgan fingerprint density at radius 3 is 2.73 bits per heavy atom. The molecule has 1 aliphatic rings. The van der Waals surface area contributed by atoms with E-state index in [4.69, 9.17) is 4.98 Å². The number of nitrogens with zero attached hydrogens (tertiary/aromatic N) is 6. The van der Waals surface area contributed by atoms with Gasteiger partial charge in [0, 0.05) is 41.1 Å². The summed E-state index contributed by atoms with van der Waals surface area (Å²) in [6.45, 7) is 7.81. The van der Waals surface area contributed by atoms with E-state index in [1.165, 1.54) is 10.9 Å². The molecule has 0 aromatic carbocycles. The molecule has 3 N–H and O–H groups in total. The number of H-pyrrole nitrogens is 1. The zero-order chi connectivity index (χ0) is 26.2. The Kier molecular flexibility index (Phi) is 6.45. The number of rotatable bonds is 7. The highest BCUT2D eigenvalue weighted by Gasteiger charge is 2.43. The molecule has 4 heterocycles. The van der Waals surface area contributed by atoms with Crippen molar-refractivity contribution in [2.75, 3.05) is 5.32 Å². The number of carbonyl (C=O) groups is 1. The molecule has 0 unspecified atom stereocenters. The van der Waals surface area contributed by atoms with Gasteiger partial charge in [-0.3, -0.25) is 9.89 Å². The molecule has 1 fully saturated rings. The molecule has 11 heteroatoms. The predicted octanol–water partition coefficient (Wildman–Crippen LogP) is 4.43. The van der Waals surface area contributed by atoms with Crippen molar-refractivity contribution in [3.8, 4) is 5.82 Å². The topological polar surface area (TPSA) is 126 Å². The molecule has 5 rings (SSSR count). The molecule has 4 aromatic heterocycles. The monoisotopic (exact) mass is 503 g/mol. The predicted molar refractivity (Wildman–Crippen MR) is 136 cm³/mol. The first-order chi connectivity index (χ1) is 17.7. The van der Waals surface area contributed by atoms with Gasteiger partial charge < -0.3 is 10.6 Å². The van der Waals surface area contributed by atoms with Crippen LogP contribution in [0.1, 0.15) is 67.8 Å². The summed E-state index contributed by atoms with van der Waals surface area (Å²) < 4.78 is 14.6. The smallest absolute Gasteiger partial charge is 0.226 e. The minimum atomic E-state index is -0.529. The molecule has 0 spiro atoms. The first kappa shape index (κ1) is 24.5. The third kappa shape index (κ3) is 5.35.